The Hall–Kier alpha value is -2.60. The van der Waals surface area contributed by atoms with E-state index in [1.165, 1.54) is 12.5 Å². The first-order valence-corrected chi connectivity index (χ1v) is 11.8. The SMILES string of the molecule is NC(=O)C(Oc1ccccc1)C1CCC(CCN2CCN(c3cccc(F)c3)CC2)CC1. The van der Waals surface area contributed by atoms with Gasteiger partial charge in [-0.2, -0.15) is 0 Å². The molecule has 172 valence electrons. The molecule has 0 radical (unpaired) electrons. The third-order valence-electron chi connectivity index (χ3n) is 7.01. The number of carbonyl (C=O) groups is 1. The molecule has 1 aliphatic heterocycles. The summed E-state index contributed by atoms with van der Waals surface area (Å²) in [5, 5.41) is 0. The molecule has 1 saturated heterocycles. The molecule has 1 saturated carbocycles. The van der Waals surface area contributed by atoms with E-state index in [4.69, 9.17) is 10.5 Å². The lowest BCUT2D eigenvalue weighted by Crippen LogP contribution is -2.47. The van der Waals surface area contributed by atoms with Gasteiger partial charge in [-0.25, -0.2) is 4.39 Å². The molecule has 1 heterocycles. The number of piperazine rings is 1. The van der Waals surface area contributed by atoms with Crippen molar-refractivity contribution >= 4 is 11.6 Å². The highest BCUT2D eigenvalue weighted by Crippen LogP contribution is 2.34. The highest BCUT2D eigenvalue weighted by Gasteiger charge is 2.32. The number of ether oxygens (including phenoxy) is 1. The topological polar surface area (TPSA) is 58.8 Å². The van der Waals surface area contributed by atoms with Crippen molar-refractivity contribution in [3.05, 3.63) is 60.4 Å². The number of hydrogen-bond donors (Lipinski definition) is 1. The number of primary amides is 1. The number of carbonyl (C=O) groups excluding carboxylic acids is 1. The first-order valence-electron chi connectivity index (χ1n) is 11.8. The zero-order valence-electron chi connectivity index (χ0n) is 18.7. The third-order valence-corrected chi connectivity index (χ3v) is 7.01. The molecular formula is C26H34FN3O2. The largest absolute Gasteiger partial charge is 0.480 e. The summed E-state index contributed by atoms with van der Waals surface area (Å²) in [7, 11) is 0. The van der Waals surface area contributed by atoms with Crippen LogP contribution in [0.3, 0.4) is 0 Å². The highest BCUT2D eigenvalue weighted by molar-refractivity contribution is 5.79. The average Bonchev–Trinajstić information content (AvgIpc) is 2.82. The monoisotopic (exact) mass is 439 g/mol. The molecule has 2 aromatic carbocycles. The molecule has 6 heteroatoms. The van der Waals surface area contributed by atoms with Gasteiger partial charge in [-0.1, -0.05) is 24.3 Å². The number of halogens is 1. The van der Waals surface area contributed by atoms with Crippen molar-refractivity contribution < 1.29 is 13.9 Å². The van der Waals surface area contributed by atoms with Crippen LogP contribution in [0, 0.1) is 17.7 Å². The van der Waals surface area contributed by atoms with E-state index in [0.717, 1.165) is 64.1 Å². The minimum absolute atomic E-state index is 0.173. The molecule has 32 heavy (non-hydrogen) atoms. The van der Waals surface area contributed by atoms with Gasteiger partial charge in [0.15, 0.2) is 6.10 Å². The van der Waals surface area contributed by atoms with Crippen LogP contribution in [0.4, 0.5) is 10.1 Å². The van der Waals surface area contributed by atoms with Crippen LogP contribution >= 0.6 is 0 Å². The van der Waals surface area contributed by atoms with E-state index in [1.807, 2.05) is 36.4 Å². The normalized spacial score (nSPS) is 23.0. The molecule has 1 atom stereocenters. The summed E-state index contributed by atoms with van der Waals surface area (Å²) in [5.74, 6) is 1.05. The molecule has 2 aliphatic rings. The number of hydrogen-bond acceptors (Lipinski definition) is 4. The molecule has 2 aromatic rings. The van der Waals surface area contributed by atoms with Gasteiger partial charge in [0.2, 0.25) is 0 Å². The van der Waals surface area contributed by atoms with Gasteiger partial charge in [0.1, 0.15) is 11.6 Å². The Labute approximate surface area is 190 Å². The lowest BCUT2D eigenvalue weighted by molar-refractivity contribution is -0.127. The van der Waals surface area contributed by atoms with Crippen LogP contribution in [0.25, 0.3) is 0 Å². The molecule has 1 unspecified atom stereocenters. The average molecular weight is 440 g/mol. The lowest BCUT2D eigenvalue weighted by Gasteiger charge is -2.37. The molecule has 4 rings (SSSR count). The summed E-state index contributed by atoms with van der Waals surface area (Å²) >= 11 is 0. The van der Waals surface area contributed by atoms with Crippen molar-refractivity contribution in [1.29, 1.82) is 0 Å². The van der Waals surface area contributed by atoms with Gasteiger partial charge in [0.05, 0.1) is 0 Å². The third kappa shape index (κ3) is 6.00. The Morgan fingerprint density at radius 3 is 2.38 bits per heavy atom. The van der Waals surface area contributed by atoms with E-state index in [9.17, 15) is 9.18 Å². The second-order valence-electron chi connectivity index (χ2n) is 9.13. The second kappa shape index (κ2) is 10.8. The number of anilines is 1. The molecule has 0 spiro atoms. The Balaban J connectivity index is 1.19. The highest BCUT2D eigenvalue weighted by atomic mass is 19.1. The van der Waals surface area contributed by atoms with Crippen molar-refractivity contribution in [3.63, 3.8) is 0 Å². The van der Waals surface area contributed by atoms with Crippen molar-refractivity contribution in [2.24, 2.45) is 17.6 Å². The summed E-state index contributed by atoms with van der Waals surface area (Å²) in [6, 6.07) is 16.4. The summed E-state index contributed by atoms with van der Waals surface area (Å²) in [4.78, 5) is 16.8. The van der Waals surface area contributed by atoms with Gasteiger partial charge in [-0.15, -0.1) is 0 Å². The predicted octanol–water partition coefficient (Wildman–Crippen LogP) is 4.08. The molecular weight excluding hydrogens is 405 g/mol. The smallest absolute Gasteiger partial charge is 0.258 e. The van der Waals surface area contributed by atoms with Crippen molar-refractivity contribution in [3.8, 4) is 5.75 Å². The fraction of sp³-hybridized carbons (Fsp3) is 0.500. The van der Waals surface area contributed by atoms with Gasteiger partial charge < -0.3 is 15.4 Å². The van der Waals surface area contributed by atoms with E-state index >= 15 is 0 Å². The van der Waals surface area contributed by atoms with Crippen LogP contribution in [0.15, 0.2) is 54.6 Å². The maximum absolute atomic E-state index is 13.5. The van der Waals surface area contributed by atoms with Gasteiger partial charge in [-0.3, -0.25) is 9.69 Å². The van der Waals surface area contributed by atoms with Crippen molar-refractivity contribution in [2.75, 3.05) is 37.6 Å². The maximum atomic E-state index is 13.5. The fourth-order valence-electron chi connectivity index (χ4n) is 5.08. The summed E-state index contributed by atoms with van der Waals surface area (Å²) in [5.41, 5.74) is 6.65. The van der Waals surface area contributed by atoms with E-state index in [-0.39, 0.29) is 17.6 Å². The van der Waals surface area contributed by atoms with Crippen molar-refractivity contribution in [1.82, 2.24) is 4.90 Å². The van der Waals surface area contributed by atoms with E-state index in [1.54, 1.807) is 12.1 Å². The van der Waals surface area contributed by atoms with Crippen LogP contribution in [-0.4, -0.2) is 49.6 Å². The molecule has 1 amide bonds. The minimum atomic E-state index is -0.547. The second-order valence-corrected chi connectivity index (χ2v) is 9.13. The zero-order valence-corrected chi connectivity index (χ0v) is 18.7. The van der Waals surface area contributed by atoms with Gasteiger partial charge in [0.25, 0.3) is 5.91 Å². The van der Waals surface area contributed by atoms with Crippen LogP contribution in [0.5, 0.6) is 5.75 Å². The Morgan fingerprint density at radius 2 is 1.72 bits per heavy atom. The fourth-order valence-corrected chi connectivity index (χ4v) is 5.08. The van der Waals surface area contributed by atoms with E-state index in [0.29, 0.717) is 11.7 Å². The molecule has 2 fully saturated rings. The zero-order chi connectivity index (χ0) is 22.3. The molecule has 0 aromatic heterocycles. The number of benzene rings is 2. The van der Waals surface area contributed by atoms with E-state index in [2.05, 4.69) is 9.80 Å². The van der Waals surface area contributed by atoms with Gasteiger partial charge in [-0.05, 0) is 74.9 Å². The lowest BCUT2D eigenvalue weighted by atomic mass is 9.78. The summed E-state index contributed by atoms with van der Waals surface area (Å²) in [6.45, 7) is 5.01. The van der Waals surface area contributed by atoms with E-state index < -0.39 is 6.10 Å². The first kappa shape index (κ1) is 22.6. The number of amides is 1. The number of nitrogens with two attached hydrogens (primary N) is 1. The summed E-state index contributed by atoms with van der Waals surface area (Å²) in [6.07, 6.45) is 4.85. The first-order chi connectivity index (χ1) is 15.6. The van der Waals surface area contributed by atoms with Crippen molar-refractivity contribution in [2.45, 2.75) is 38.2 Å². The number of para-hydroxylation sites is 1. The quantitative estimate of drug-likeness (QED) is 0.673. The number of rotatable bonds is 8. The van der Waals surface area contributed by atoms with Crippen LogP contribution in [-0.2, 0) is 4.79 Å². The van der Waals surface area contributed by atoms with Crippen LogP contribution in [0.1, 0.15) is 32.1 Å². The number of nitrogens with zero attached hydrogens (tertiary/aromatic N) is 2. The Bertz CT molecular complexity index is 862. The van der Waals surface area contributed by atoms with Gasteiger partial charge >= 0.3 is 0 Å². The summed E-state index contributed by atoms with van der Waals surface area (Å²) < 4.78 is 19.4. The predicted molar refractivity (Wildman–Crippen MR) is 125 cm³/mol. The van der Waals surface area contributed by atoms with Gasteiger partial charge in [0, 0.05) is 37.8 Å². The molecule has 2 N–H and O–H groups in total. The molecule has 5 nitrogen and oxygen atoms in total. The minimum Gasteiger partial charge on any atom is -0.480 e. The maximum Gasteiger partial charge on any atom is 0.258 e. The van der Waals surface area contributed by atoms with Crippen LogP contribution in [0.2, 0.25) is 0 Å². The molecule has 1 aliphatic carbocycles. The van der Waals surface area contributed by atoms with Crippen LogP contribution < -0.4 is 15.4 Å². The Morgan fingerprint density at radius 1 is 1.00 bits per heavy atom. The Kier molecular flexibility index (Phi) is 7.63. The standard InChI is InChI=1S/C26H34FN3O2/c27-22-5-4-6-23(19-22)30-17-15-29(16-18-30)14-13-20-9-11-21(12-10-20)25(26(28)31)32-24-7-2-1-3-8-24/h1-8,19-21,25H,9-18H2,(H2,28,31). The molecule has 0 bridgehead atoms.